The van der Waals surface area contributed by atoms with Gasteiger partial charge in [-0.25, -0.2) is 8.42 Å². The first-order chi connectivity index (χ1) is 9.20. The number of hydrogen-bond donors (Lipinski definition) is 2. The summed E-state index contributed by atoms with van der Waals surface area (Å²) in [7, 11) is -5.29. The molecule has 0 radical (unpaired) electrons. The summed E-state index contributed by atoms with van der Waals surface area (Å²) < 4.78 is 59.6. The minimum Gasteiger partial charge on any atom is -0.378 e. The normalized spacial score (nSPS) is 18.4. The van der Waals surface area contributed by atoms with Gasteiger partial charge in [0.1, 0.15) is 0 Å². The van der Waals surface area contributed by atoms with Gasteiger partial charge in [0.2, 0.25) is 0 Å². The Labute approximate surface area is 115 Å². The Bertz CT molecular complexity index is 572. The molecule has 1 aliphatic rings. The molecular weight excluding hydrogens is 293 g/mol. The van der Waals surface area contributed by atoms with Crippen molar-refractivity contribution < 1.29 is 21.6 Å². The third-order valence-electron chi connectivity index (χ3n) is 3.58. The van der Waals surface area contributed by atoms with E-state index in [4.69, 9.17) is 5.73 Å². The molecule has 1 saturated carbocycles. The second-order valence-corrected chi connectivity index (χ2v) is 6.88. The molecule has 3 N–H and O–H groups in total. The molecule has 0 saturated heterocycles. The standard InChI is InChI=1S/C12H15F3N2O2S/c13-12(14,15)20(18,19)10-4-2-9(3-5-10)17-11(8-16)6-1-7-11/h2-5,17H,1,6-8,16H2. The lowest BCUT2D eigenvalue weighted by atomic mass is 9.76. The number of halogens is 3. The number of anilines is 1. The number of hydrogen-bond acceptors (Lipinski definition) is 4. The van der Waals surface area contributed by atoms with E-state index in [0.29, 0.717) is 12.2 Å². The van der Waals surface area contributed by atoms with Crippen molar-refractivity contribution in [3.05, 3.63) is 24.3 Å². The fraction of sp³-hybridized carbons (Fsp3) is 0.500. The van der Waals surface area contributed by atoms with Crippen molar-refractivity contribution in [3.63, 3.8) is 0 Å². The van der Waals surface area contributed by atoms with E-state index in [1.54, 1.807) is 0 Å². The Hall–Kier alpha value is -1.28. The van der Waals surface area contributed by atoms with Crippen molar-refractivity contribution in [3.8, 4) is 0 Å². The van der Waals surface area contributed by atoms with E-state index in [1.165, 1.54) is 12.1 Å². The van der Waals surface area contributed by atoms with Gasteiger partial charge >= 0.3 is 5.51 Å². The Kier molecular flexibility index (Phi) is 3.72. The summed E-state index contributed by atoms with van der Waals surface area (Å²) in [5, 5.41) is 3.16. The molecule has 1 aliphatic carbocycles. The molecule has 0 bridgehead atoms. The molecule has 0 heterocycles. The highest BCUT2D eigenvalue weighted by Crippen LogP contribution is 2.35. The number of rotatable bonds is 4. The van der Waals surface area contributed by atoms with E-state index in [0.717, 1.165) is 31.4 Å². The van der Waals surface area contributed by atoms with Gasteiger partial charge in [0, 0.05) is 17.8 Å². The molecule has 0 aliphatic heterocycles. The lowest BCUT2D eigenvalue weighted by Gasteiger charge is -2.42. The summed E-state index contributed by atoms with van der Waals surface area (Å²) in [6.45, 7) is 0.426. The smallest absolute Gasteiger partial charge is 0.378 e. The van der Waals surface area contributed by atoms with Crippen LogP contribution < -0.4 is 11.1 Å². The van der Waals surface area contributed by atoms with Crippen LogP contribution >= 0.6 is 0 Å². The minimum absolute atomic E-state index is 0.218. The van der Waals surface area contributed by atoms with Gasteiger partial charge in [0.15, 0.2) is 0 Å². The first kappa shape index (κ1) is 15.1. The molecule has 1 aromatic carbocycles. The Morgan fingerprint density at radius 3 is 2.10 bits per heavy atom. The lowest BCUT2D eigenvalue weighted by Crippen LogP contribution is -2.51. The van der Waals surface area contributed by atoms with E-state index >= 15 is 0 Å². The number of sulfone groups is 1. The molecule has 1 fully saturated rings. The van der Waals surface area contributed by atoms with E-state index in [1.807, 2.05) is 0 Å². The third-order valence-corrected chi connectivity index (χ3v) is 5.08. The summed E-state index contributed by atoms with van der Waals surface area (Å²) in [6.07, 6.45) is 2.84. The van der Waals surface area contributed by atoms with Gasteiger partial charge in [-0.05, 0) is 43.5 Å². The lowest BCUT2D eigenvalue weighted by molar-refractivity contribution is -0.0436. The van der Waals surface area contributed by atoms with Crippen molar-refractivity contribution in [2.75, 3.05) is 11.9 Å². The van der Waals surface area contributed by atoms with Gasteiger partial charge in [-0.3, -0.25) is 0 Å². The highest BCUT2D eigenvalue weighted by molar-refractivity contribution is 7.92. The Balaban J connectivity index is 2.19. The van der Waals surface area contributed by atoms with Gasteiger partial charge in [-0.1, -0.05) is 0 Å². The summed E-state index contributed by atoms with van der Waals surface area (Å²) >= 11 is 0. The highest BCUT2D eigenvalue weighted by atomic mass is 32.2. The maximum Gasteiger partial charge on any atom is 0.501 e. The van der Waals surface area contributed by atoms with Crippen LogP contribution in [0.5, 0.6) is 0 Å². The van der Waals surface area contributed by atoms with Crippen LogP contribution in [0.25, 0.3) is 0 Å². The van der Waals surface area contributed by atoms with Crippen molar-refractivity contribution in [1.82, 2.24) is 0 Å². The highest BCUT2D eigenvalue weighted by Gasteiger charge is 2.46. The molecule has 0 unspecified atom stereocenters. The number of nitrogens with one attached hydrogen (secondary N) is 1. The van der Waals surface area contributed by atoms with Crippen LogP contribution in [0, 0.1) is 0 Å². The monoisotopic (exact) mass is 308 g/mol. The van der Waals surface area contributed by atoms with Crippen LogP contribution in [-0.4, -0.2) is 26.0 Å². The van der Waals surface area contributed by atoms with Gasteiger partial charge in [0.25, 0.3) is 9.84 Å². The van der Waals surface area contributed by atoms with Crippen LogP contribution in [0.3, 0.4) is 0 Å². The largest absolute Gasteiger partial charge is 0.501 e. The van der Waals surface area contributed by atoms with E-state index in [9.17, 15) is 21.6 Å². The molecule has 112 valence electrons. The van der Waals surface area contributed by atoms with E-state index in [2.05, 4.69) is 5.32 Å². The zero-order chi connectivity index (χ0) is 15.0. The topological polar surface area (TPSA) is 72.2 Å². The van der Waals surface area contributed by atoms with Crippen molar-refractivity contribution in [2.24, 2.45) is 5.73 Å². The molecule has 4 nitrogen and oxygen atoms in total. The quantitative estimate of drug-likeness (QED) is 0.895. The van der Waals surface area contributed by atoms with Crippen LogP contribution in [-0.2, 0) is 9.84 Å². The summed E-state index contributed by atoms with van der Waals surface area (Å²) in [5.41, 5.74) is 0.731. The average molecular weight is 308 g/mol. The molecule has 0 spiro atoms. The zero-order valence-electron chi connectivity index (χ0n) is 10.6. The number of nitrogens with two attached hydrogens (primary N) is 1. The second-order valence-electron chi connectivity index (χ2n) is 4.94. The zero-order valence-corrected chi connectivity index (χ0v) is 11.4. The Morgan fingerprint density at radius 1 is 1.20 bits per heavy atom. The molecule has 0 atom stereocenters. The number of alkyl halides is 3. The maximum absolute atomic E-state index is 12.4. The Morgan fingerprint density at radius 2 is 1.75 bits per heavy atom. The molecule has 0 aromatic heterocycles. The average Bonchev–Trinajstić information content (AvgIpc) is 2.33. The van der Waals surface area contributed by atoms with Crippen LogP contribution in [0.15, 0.2) is 29.2 Å². The fourth-order valence-electron chi connectivity index (χ4n) is 2.14. The van der Waals surface area contributed by atoms with Crippen molar-refractivity contribution in [2.45, 2.75) is 35.2 Å². The summed E-state index contributed by atoms with van der Waals surface area (Å²) in [6, 6.07) is 4.56. The van der Waals surface area contributed by atoms with Crippen LogP contribution in [0.4, 0.5) is 18.9 Å². The molecule has 1 aromatic rings. The molecule has 2 rings (SSSR count). The fourth-order valence-corrected chi connectivity index (χ4v) is 2.90. The van der Waals surface area contributed by atoms with E-state index in [-0.39, 0.29) is 5.54 Å². The molecular formula is C12H15F3N2O2S. The summed E-state index contributed by atoms with van der Waals surface area (Å²) in [5.74, 6) is 0. The molecule has 0 amide bonds. The van der Waals surface area contributed by atoms with E-state index < -0.39 is 20.2 Å². The van der Waals surface area contributed by atoms with Crippen molar-refractivity contribution in [1.29, 1.82) is 0 Å². The van der Waals surface area contributed by atoms with Gasteiger partial charge in [-0.2, -0.15) is 13.2 Å². The first-order valence-electron chi connectivity index (χ1n) is 6.10. The molecule has 8 heteroatoms. The first-order valence-corrected chi connectivity index (χ1v) is 7.58. The summed E-state index contributed by atoms with van der Waals surface area (Å²) in [4.78, 5) is -0.758. The maximum atomic E-state index is 12.4. The minimum atomic E-state index is -5.29. The van der Waals surface area contributed by atoms with Crippen LogP contribution in [0.2, 0.25) is 0 Å². The predicted molar refractivity (Wildman–Crippen MR) is 68.9 cm³/mol. The van der Waals surface area contributed by atoms with Crippen LogP contribution in [0.1, 0.15) is 19.3 Å². The van der Waals surface area contributed by atoms with Gasteiger partial charge in [0.05, 0.1) is 4.90 Å². The van der Waals surface area contributed by atoms with Gasteiger partial charge in [-0.15, -0.1) is 0 Å². The third kappa shape index (κ3) is 2.62. The molecule has 20 heavy (non-hydrogen) atoms. The second kappa shape index (κ2) is 4.92. The SMILES string of the molecule is NCC1(Nc2ccc(S(=O)(=O)C(F)(F)F)cc2)CCC1. The van der Waals surface area contributed by atoms with Gasteiger partial charge < -0.3 is 11.1 Å². The number of benzene rings is 1. The predicted octanol–water partition coefficient (Wildman–Crippen LogP) is 2.27. The van der Waals surface area contributed by atoms with Crippen molar-refractivity contribution >= 4 is 15.5 Å².